The van der Waals surface area contributed by atoms with Gasteiger partial charge in [0.15, 0.2) is 16.8 Å². The number of hydrogen-bond acceptors (Lipinski definition) is 8. The van der Waals surface area contributed by atoms with Gasteiger partial charge in [0.05, 0.1) is 6.61 Å². The predicted octanol–water partition coefficient (Wildman–Crippen LogP) is 1.32. The van der Waals surface area contributed by atoms with E-state index in [4.69, 9.17) is 10.5 Å². The van der Waals surface area contributed by atoms with Crippen LogP contribution in [0.4, 0.5) is 22.5 Å². The summed E-state index contributed by atoms with van der Waals surface area (Å²) in [7, 11) is 1.64. The fourth-order valence-corrected chi connectivity index (χ4v) is 1.82. The van der Waals surface area contributed by atoms with E-state index in [1.165, 1.54) is 17.7 Å². The topological polar surface area (TPSA) is 98.0 Å². The van der Waals surface area contributed by atoms with E-state index >= 15 is 0 Å². The first kappa shape index (κ1) is 12.5. The van der Waals surface area contributed by atoms with Crippen LogP contribution in [0.25, 0.3) is 0 Å². The molecular formula is C10H14N6OS. The van der Waals surface area contributed by atoms with Crippen molar-refractivity contribution in [2.24, 2.45) is 0 Å². The molecule has 96 valence electrons. The fourth-order valence-electron chi connectivity index (χ4n) is 1.29. The van der Waals surface area contributed by atoms with Crippen molar-refractivity contribution in [3.63, 3.8) is 0 Å². The van der Waals surface area contributed by atoms with E-state index in [1.54, 1.807) is 13.3 Å². The molecule has 0 aromatic carbocycles. The van der Waals surface area contributed by atoms with E-state index in [9.17, 15) is 0 Å². The molecule has 0 atom stereocenters. The first-order valence-electron chi connectivity index (χ1n) is 5.31. The Morgan fingerprint density at radius 3 is 2.89 bits per heavy atom. The summed E-state index contributed by atoms with van der Waals surface area (Å²) < 4.78 is 4.95. The summed E-state index contributed by atoms with van der Waals surface area (Å²) in [5.74, 6) is 1.13. The molecule has 0 amide bonds. The number of hydrogen-bond donors (Lipinski definition) is 3. The summed E-state index contributed by atoms with van der Waals surface area (Å²) in [6.45, 7) is 1.22. The summed E-state index contributed by atoms with van der Waals surface area (Å²) in [6, 6.07) is 0. The molecular weight excluding hydrogens is 252 g/mol. The molecule has 0 aliphatic heterocycles. The van der Waals surface area contributed by atoms with Gasteiger partial charge in [-0.2, -0.15) is 0 Å². The number of rotatable bonds is 6. The first-order valence-corrected chi connectivity index (χ1v) is 6.19. The van der Waals surface area contributed by atoms with E-state index in [0.29, 0.717) is 30.5 Å². The number of aromatic nitrogens is 3. The lowest BCUT2D eigenvalue weighted by atomic mass is 10.4. The van der Waals surface area contributed by atoms with Crippen LogP contribution in [-0.4, -0.2) is 35.2 Å². The second-order valence-corrected chi connectivity index (χ2v) is 4.26. The summed E-state index contributed by atoms with van der Waals surface area (Å²) in [5.41, 5.74) is 6.43. The molecule has 2 aromatic rings. The maximum atomic E-state index is 5.97. The van der Waals surface area contributed by atoms with Gasteiger partial charge in [0, 0.05) is 25.2 Å². The molecule has 4 N–H and O–H groups in total. The molecule has 0 radical (unpaired) electrons. The minimum absolute atomic E-state index is 0.462. The number of anilines is 4. The first-order chi connectivity index (χ1) is 8.81. The van der Waals surface area contributed by atoms with Crippen LogP contribution in [0, 0.1) is 0 Å². The standard InChI is InChI=1S/C10H14N6OS/c1-17-4-2-12-8-7(11)9(15-6-14-8)16-10-13-3-5-18-10/h3,5-6H,2,4,11H2,1H3,(H2,12,13,14,15,16). The molecule has 0 fully saturated rings. The number of nitrogens with zero attached hydrogens (tertiary/aromatic N) is 3. The maximum absolute atomic E-state index is 5.97. The van der Waals surface area contributed by atoms with Crippen LogP contribution in [0.3, 0.4) is 0 Å². The lowest BCUT2D eigenvalue weighted by Gasteiger charge is -2.10. The molecule has 0 bridgehead atoms. The quantitative estimate of drug-likeness (QED) is 0.678. The van der Waals surface area contributed by atoms with E-state index in [0.717, 1.165) is 5.13 Å². The zero-order chi connectivity index (χ0) is 12.8. The van der Waals surface area contributed by atoms with Crippen molar-refractivity contribution in [2.75, 3.05) is 36.6 Å². The Kier molecular flexibility index (Phi) is 4.26. The van der Waals surface area contributed by atoms with Gasteiger partial charge in [-0.05, 0) is 0 Å². The minimum Gasteiger partial charge on any atom is -0.393 e. The number of nitrogens with two attached hydrogens (primary N) is 1. The lowest BCUT2D eigenvalue weighted by molar-refractivity contribution is 0.210. The smallest absolute Gasteiger partial charge is 0.188 e. The monoisotopic (exact) mass is 266 g/mol. The van der Waals surface area contributed by atoms with Crippen molar-refractivity contribution in [3.05, 3.63) is 17.9 Å². The highest BCUT2D eigenvalue weighted by Crippen LogP contribution is 2.26. The Hall–Kier alpha value is -1.93. The number of thiazole rings is 1. The van der Waals surface area contributed by atoms with Gasteiger partial charge in [0.2, 0.25) is 0 Å². The SMILES string of the molecule is COCCNc1ncnc(Nc2nccs2)c1N. The maximum Gasteiger partial charge on any atom is 0.188 e. The number of ether oxygens (including phenoxy) is 1. The highest BCUT2D eigenvalue weighted by molar-refractivity contribution is 7.13. The van der Waals surface area contributed by atoms with Gasteiger partial charge in [-0.1, -0.05) is 0 Å². The van der Waals surface area contributed by atoms with Crippen LogP contribution < -0.4 is 16.4 Å². The Balaban J connectivity index is 2.09. The van der Waals surface area contributed by atoms with Crippen LogP contribution in [0.2, 0.25) is 0 Å². The largest absolute Gasteiger partial charge is 0.393 e. The van der Waals surface area contributed by atoms with E-state index in [-0.39, 0.29) is 0 Å². The van der Waals surface area contributed by atoms with Gasteiger partial charge >= 0.3 is 0 Å². The van der Waals surface area contributed by atoms with Gasteiger partial charge in [-0.25, -0.2) is 15.0 Å². The van der Waals surface area contributed by atoms with E-state index in [2.05, 4.69) is 25.6 Å². The summed E-state index contributed by atoms with van der Waals surface area (Å²) >= 11 is 1.48. The number of methoxy groups -OCH3 is 1. The van der Waals surface area contributed by atoms with Gasteiger partial charge in [-0.3, -0.25) is 0 Å². The Labute approximate surface area is 108 Å². The van der Waals surface area contributed by atoms with Crippen LogP contribution >= 0.6 is 11.3 Å². The average molecular weight is 266 g/mol. The average Bonchev–Trinajstić information content (AvgIpc) is 2.87. The van der Waals surface area contributed by atoms with Crippen LogP contribution in [0.5, 0.6) is 0 Å². The third-order valence-corrected chi connectivity index (χ3v) is 2.83. The zero-order valence-corrected chi connectivity index (χ0v) is 10.7. The van der Waals surface area contributed by atoms with Crippen LogP contribution in [0.1, 0.15) is 0 Å². The van der Waals surface area contributed by atoms with Crippen LogP contribution in [0.15, 0.2) is 17.9 Å². The number of nitrogens with one attached hydrogen (secondary N) is 2. The molecule has 2 heterocycles. The van der Waals surface area contributed by atoms with Crippen molar-refractivity contribution in [1.29, 1.82) is 0 Å². The van der Waals surface area contributed by atoms with Crippen molar-refractivity contribution in [1.82, 2.24) is 15.0 Å². The lowest BCUT2D eigenvalue weighted by Crippen LogP contribution is -2.12. The van der Waals surface area contributed by atoms with Gasteiger partial charge in [0.1, 0.15) is 12.0 Å². The van der Waals surface area contributed by atoms with Crippen molar-refractivity contribution < 1.29 is 4.74 Å². The van der Waals surface area contributed by atoms with Gasteiger partial charge < -0.3 is 21.1 Å². The summed E-state index contributed by atoms with van der Waals surface area (Å²) in [4.78, 5) is 12.3. The van der Waals surface area contributed by atoms with Gasteiger partial charge in [0.25, 0.3) is 0 Å². The summed E-state index contributed by atoms with van der Waals surface area (Å²) in [5, 5.41) is 8.73. The molecule has 0 spiro atoms. The summed E-state index contributed by atoms with van der Waals surface area (Å²) in [6.07, 6.45) is 3.16. The molecule has 18 heavy (non-hydrogen) atoms. The Bertz CT molecular complexity index is 489. The molecule has 0 saturated heterocycles. The molecule has 0 saturated carbocycles. The molecule has 8 heteroatoms. The molecule has 7 nitrogen and oxygen atoms in total. The van der Waals surface area contributed by atoms with Crippen LogP contribution in [-0.2, 0) is 4.74 Å². The minimum atomic E-state index is 0.462. The van der Waals surface area contributed by atoms with Gasteiger partial charge in [-0.15, -0.1) is 11.3 Å². The molecule has 0 aliphatic carbocycles. The molecule has 0 unspecified atom stereocenters. The highest BCUT2D eigenvalue weighted by atomic mass is 32.1. The molecule has 2 rings (SSSR count). The third kappa shape index (κ3) is 3.05. The number of nitrogen functional groups attached to an aromatic ring is 1. The molecule has 0 aliphatic rings. The fraction of sp³-hybridized carbons (Fsp3) is 0.300. The second-order valence-electron chi connectivity index (χ2n) is 3.37. The second kappa shape index (κ2) is 6.12. The normalized spacial score (nSPS) is 10.3. The van der Waals surface area contributed by atoms with Crippen molar-refractivity contribution in [2.45, 2.75) is 0 Å². The van der Waals surface area contributed by atoms with E-state index in [1.807, 2.05) is 5.38 Å². The Morgan fingerprint density at radius 1 is 1.33 bits per heavy atom. The Morgan fingerprint density at radius 2 is 2.17 bits per heavy atom. The predicted molar refractivity (Wildman–Crippen MR) is 72.2 cm³/mol. The van der Waals surface area contributed by atoms with Crippen molar-refractivity contribution in [3.8, 4) is 0 Å². The highest BCUT2D eigenvalue weighted by Gasteiger charge is 2.08. The van der Waals surface area contributed by atoms with E-state index < -0.39 is 0 Å². The zero-order valence-electron chi connectivity index (χ0n) is 9.88. The van der Waals surface area contributed by atoms with Crippen molar-refractivity contribution >= 4 is 33.8 Å². The molecule has 2 aromatic heterocycles. The third-order valence-electron chi connectivity index (χ3n) is 2.14.